The predicted octanol–water partition coefficient (Wildman–Crippen LogP) is 6.41. The SMILES string of the molecule is CN(C)C[C@H]1Cc2cc(Cl)ccc2N(C(=O)[C@@H](Cc2c[nH]c3ccccc23)NC(=O)N2CCC(Oc3ccc(Cl)cc3)CC2)C1. The standard InChI is InChI=1S/C35H39Cl2N5O3/c1-40(2)21-23-17-24-18-27(37)9-12-33(24)42(22-23)34(43)32(19-25-20-38-31-6-4-3-5-30(25)31)39-35(44)41-15-13-29(14-16-41)45-28-10-7-26(36)8-11-28/h3-12,18,20,23,29,32,38H,13-17,19,21-22H2,1-2H3,(H,39,44)/t23-,32-/m1/s1. The van der Waals surface area contributed by atoms with E-state index in [0.717, 1.165) is 46.4 Å². The molecule has 6 rings (SSSR count). The number of amides is 3. The van der Waals surface area contributed by atoms with Crippen molar-refractivity contribution in [3.8, 4) is 5.75 Å². The van der Waals surface area contributed by atoms with Gasteiger partial charge >= 0.3 is 6.03 Å². The van der Waals surface area contributed by atoms with Crippen molar-refractivity contribution in [1.82, 2.24) is 20.1 Å². The molecule has 1 saturated heterocycles. The van der Waals surface area contributed by atoms with Crippen LogP contribution in [0.2, 0.25) is 10.0 Å². The fourth-order valence-electron chi connectivity index (χ4n) is 6.59. The van der Waals surface area contributed by atoms with Gasteiger partial charge in [0.1, 0.15) is 17.9 Å². The van der Waals surface area contributed by atoms with Crippen molar-refractivity contribution in [3.63, 3.8) is 0 Å². The number of hydrogen-bond acceptors (Lipinski definition) is 4. The van der Waals surface area contributed by atoms with E-state index in [-0.39, 0.29) is 24.0 Å². The molecule has 45 heavy (non-hydrogen) atoms. The van der Waals surface area contributed by atoms with Crippen LogP contribution >= 0.6 is 23.2 Å². The number of piperidine rings is 1. The number of carbonyl (C=O) groups excluding carboxylic acids is 2. The monoisotopic (exact) mass is 647 g/mol. The van der Waals surface area contributed by atoms with Crippen LogP contribution in [0.4, 0.5) is 10.5 Å². The highest BCUT2D eigenvalue weighted by molar-refractivity contribution is 6.31. The number of halogens is 2. The van der Waals surface area contributed by atoms with Gasteiger partial charge in [-0.2, -0.15) is 0 Å². The van der Waals surface area contributed by atoms with Gasteiger partial charge in [0.05, 0.1) is 0 Å². The average Bonchev–Trinajstić information content (AvgIpc) is 3.43. The lowest BCUT2D eigenvalue weighted by Crippen LogP contribution is -2.56. The van der Waals surface area contributed by atoms with Gasteiger partial charge in [-0.15, -0.1) is 0 Å². The number of H-pyrrole nitrogens is 1. The number of rotatable bonds is 8. The molecule has 8 nitrogen and oxygen atoms in total. The fourth-order valence-corrected chi connectivity index (χ4v) is 6.91. The fraction of sp³-hybridized carbons (Fsp3) is 0.371. The molecule has 4 aromatic rings. The molecule has 3 amide bonds. The molecule has 1 fully saturated rings. The average molecular weight is 649 g/mol. The number of likely N-dealkylation sites (tertiary alicyclic amines) is 1. The first-order valence-electron chi connectivity index (χ1n) is 15.5. The van der Waals surface area contributed by atoms with Gasteiger partial charge in [-0.1, -0.05) is 41.4 Å². The lowest BCUT2D eigenvalue weighted by atomic mass is 9.91. The maximum Gasteiger partial charge on any atom is 0.318 e. The number of aromatic nitrogens is 1. The van der Waals surface area contributed by atoms with Crippen molar-refractivity contribution in [2.45, 2.75) is 37.8 Å². The molecular weight excluding hydrogens is 609 g/mol. The molecule has 2 N–H and O–H groups in total. The van der Waals surface area contributed by atoms with E-state index >= 15 is 0 Å². The molecule has 2 aliphatic rings. The van der Waals surface area contributed by atoms with Gasteiger partial charge in [-0.25, -0.2) is 4.79 Å². The Bertz CT molecular complexity index is 1650. The summed E-state index contributed by atoms with van der Waals surface area (Å²) >= 11 is 12.4. The maximum atomic E-state index is 14.5. The molecule has 10 heteroatoms. The molecule has 0 radical (unpaired) electrons. The Morgan fingerprint density at radius 3 is 2.51 bits per heavy atom. The zero-order valence-corrected chi connectivity index (χ0v) is 27.2. The van der Waals surface area contributed by atoms with E-state index < -0.39 is 6.04 Å². The Labute approximate surface area is 274 Å². The van der Waals surface area contributed by atoms with E-state index in [0.29, 0.717) is 48.9 Å². The minimum Gasteiger partial charge on any atom is -0.490 e. The lowest BCUT2D eigenvalue weighted by Gasteiger charge is -2.38. The number of hydrogen-bond donors (Lipinski definition) is 2. The summed E-state index contributed by atoms with van der Waals surface area (Å²) in [5, 5.41) is 5.50. The Morgan fingerprint density at radius 1 is 1.02 bits per heavy atom. The van der Waals surface area contributed by atoms with E-state index in [4.69, 9.17) is 27.9 Å². The van der Waals surface area contributed by atoms with Gasteiger partial charge in [-0.3, -0.25) is 4.79 Å². The normalized spacial score (nSPS) is 17.8. The summed E-state index contributed by atoms with van der Waals surface area (Å²) in [6, 6.07) is 20.1. The lowest BCUT2D eigenvalue weighted by molar-refractivity contribution is -0.120. The van der Waals surface area contributed by atoms with Crippen molar-refractivity contribution in [1.29, 1.82) is 0 Å². The first-order chi connectivity index (χ1) is 21.7. The number of carbonyl (C=O) groups is 2. The molecular formula is C35H39Cl2N5O3. The number of aromatic amines is 1. The van der Waals surface area contributed by atoms with Crippen LogP contribution < -0.4 is 15.0 Å². The van der Waals surface area contributed by atoms with Crippen molar-refractivity contribution in [2.24, 2.45) is 5.92 Å². The molecule has 2 atom stereocenters. The van der Waals surface area contributed by atoms with Gasteiger partial charge < -0.3 is 29.7 Å². The van der Waals surface area contributed by atoms with Crippen molar-refractivity contribution in [2.75, 3.05) is 45.2 Å². The number of nitrogens with zero attached hydrogens (tertiary/aromatic N) is 3. The summed E-state index contributed by atoms with van der Waals surface area (Å²) in [7, 11) is 4.09. The number of anilines is 1. The highest BCUT2D eigenvalue weighted by Gasteiger charge is 2.35. The number of benzene rings is 3. The summed E-state index contributed by atoms with van der Waals surface area (Å²) < 4.78 is 6.13. The third-order valence-electron chi connectivity index (χ3n) is 8.71. The molecule has 0 saturated carbocycles. The first kappa shape index (κ1) is 31.3. The van der Waals surface area contributed by atoms with Crippen LogP contribution in [0.1, 0.15) is 24.0 Å². The quantitative estimate of drug-likeness (QED) is 0.232. The van der Waals surface area contributed by atoms with Gasteiger partial charge in [0.15, 0.2) is 0 Å². The molecule has 3 heterocycles. The summed E-state index contributed by atoms with van der Waals surface area (Å²) in [6.07, 6.45) is 4.54. The van der Waals surface area contributed by atoms with E-state index in [9.17, 15) is 9.59 Å². The molecule has 3 aromatic carbocycles. The zero-order chi connectivity index (χ0) is 31.5. The molecule has 2 aliphatic heterocycles. The van der Waals surface area contributed by atoms with E-state index in [1.165, 1.54) is 0 Å². The molecule has 0 aliphatic carbocycles. The van der Waals surface area contributed by atoms with E-state index in [2.05, 4.69) is 15.2 Å². The topological polar surface area (TPSA) is 80.9 Å². The summed E-state index contributed by atoms with van der Waals surface area (Å²) in [6.45, 7) is 2.48. The molecule has 0 unspecified atom stereocenters. The Hall–Kier alpha value is -3.72. The number of nitrogens with one attached hydrogen (secondary N) is 2. The van der Waals surface area contributed by atoms with Crippen molar-refractivity contribution < 1.29 is 14.3 Å². The number of fused-ring (bicyclic) bond motifs is 2. The van der Waals surface area contributed by atoms with Crippen LogP contribution in [0, 0.1) is 5.92 Å². The number of urea groups is 1. The maximum absolute atomic E-state index is 14.5. The Balaban J connectivity index is 1.21. The predicted molar refractivity (Wildman–Crippen MR) is 181 cm³/mol. The van der Waals surface area contributed by atoms with Crippen molar-refractivity contribution >= 4 is 51.7 Å². The van der Waals surface area contributed by atoms with Gasteiger partial charge in [-0.05, 0) is 86.1 Å². The third kappa shape index (κ3) is 7.40. The van der Waals surface area contributed by atoms with Crippen LogP contribution in [0.5, 0.6) is 5.75 Å². The third-order valence-corrected chi connectivity index (χ3v) is 9.20. The summed E-state index contributed by atoms with van der Waals surface area (Å²) in [5.41, 5.74) is 3.89. The number of para-hydroxylation sites is 1. The molecule has 0 spiro atoms. The Morgan fingerprint density at radius 2 is 1.76 bits per heavy atom. The van der Waals surface area contributed by atoms with Crippen molar-refractivity contribution in [3.05, 3.63) is 94.1 Å². The molecule has 236 valence electrons. The van der Waals surface area contributed by atoms with Gasteiger partial charge in [0.25, 0.3) is 0 Å². The minimum atomic E-state index is -0.763. The van der Waals surface area contributed by atoms with E-state index in [1.54, 1.807) is 4.90 Å². The van der Waals surface area contributed by atoms with Crippen LogP contribution in [-0.4, -0.2) is 79.1 Å². The van der Waals surface area contributed by atoms with Gasteiger partial charge in [0, 0.05) is 78.3 Å². The molecule has 1 aromatic heterocycles. The van der Waals surface area contributed by atoms with Crippen LogP contribution in [0.15, 0.2) is 72.9 Å². The summed E-state index contributed by atoms with van der Waals surface area (Å²) in [5.74, 6) is 0.878. The highest BCUT2D eigenvalue weighted by atomic mass is 35.5. The second-order valence-corrected chi connectivity index (χ2v) is 13.3. The number of ether oxygens (including phenoxy) is 1. The van der Waals surface area contributed by atoms with Crippen LogP contribution in [0.3, 0.4) is 0 Å². The second kappa shape index (κ2) is 13.7. The first-order valence-corrected chi connectivity index (χ1v) is 16.3. The van der Waals surface area contributed by atoms with Gasteiger partial charge in [0.2, 0.25) is 5.91 Å². The largest absolute Gasteiger partial charge is 0.490 e. The van der Waals surface area contributed by atoms with Crippen LogP contribution in [0.25, 0.3) is 10.9 Å². The zero-order valence-electron chi connectivity index (χ0n) is 25.6. The summed E-state index contributed by atoms with van der Waals surface area (Å²) in [4.78, 5) is 37.4. The highest BCUT2D eigenvalue weighted by Crippen LogP contribution is 2.33. The smallest absolute Gasteiger partial charge is 0.318 e. The van der Waals surface area contributed by atoms with E-state index in [1.807, 2.05) is 91.9 Å². The van der Waals surface area contributed by atoms with Crippen LogP contribution in [-0.2, 0) is 17.6 Å². The Kier molecular flexibility index (Phi) is 9.54. The minimum absolute atomic E-state index is 0.00387. The molecule has 0 bridgehead atoms. The second-order valence-electron chi connectivity index (χ2n) is 12.4.